The molecule has 2 rings (SSSR count). The van der Waals surface area contributed by atoms with Crippen LogP contribution in [0.5, 0.6) is 17.2 Å². The van der Waals surface area contributed by atoms with E-state index in [1.807, 2.05) is 19.1 Å². The quantitative estimate of drug-likeness (QED) is 0.737. The van der Waals surface area contributed by atoms with Crippen LogP contribution in [0.3, 0.4) is 0 Å². The normalized spacial score (nSPS) is 9.85. The van der Waals surface area contributed by atoms with Crippen molar-refractivity contribution in [3.8, 4) is 29.4 Å². The summed E-state index contributed by atoms with van der Waals surface area (Å²) in [6, 6.07) is 10.7. The summed E-state index contributed by atoms with van der Waals surface area (Å²) < 4.78 is 31.3. The molecule has 0 saturated heterocycles. The molecule has 0 aliphatic heterocycles. The van der Waals surface area contributed by atoms with Gasteiger partial charge in [0, 0.05) is 0 Å². The van der Waals surface area contributed by atoms with Crippen LogP contribution < -0.4 is 19.5 Å². The molecule has 0 atom stereocenters. The van der Waals surface area contributed by atoms with Crippen LogP contribution in [0.1, 0.15) is 31.9 Å². The molecule has 2 aromatic carbocycles. The Bertz CT molecular complexity index is 901. The van der Waals surface area contributed by atoms with Gasteiger partial charge in [0.15, 0.2) is 11.6 Å². The maximum atomic E-state index is 14.8. The zero-order valence-corrected chi connectivity index (χ0v) is 15.4. The average molecular weight is 369 g/mol. The van der Waals surface area contributed by atoms with E-state index < -0.39 is 11.4 Å². The summed E-state index contributed by atoms with van der Waals surface area (Å²) in [4.78, 5) is 0. The maximum Gasteiger partial charge on any atom is 0.200 e. The Morgan fingerprint density at radius 3 is 2.07 bits per heavy atom. The second-order valence-electron chi connectivity index (χ2n) is 5.24. The highest BCUT2D eigenvalue weighted by atomic mass is 19.1. The second-order valence-corrected chi connectivity index (χ2v) is 5.24. The van der Waals surface area contributed by atoms with E-state index in [4.69, 9.17) is 14.2 Å². The van der Waals surface area contributed by atoms with E-state index in [0.717, 1.165) is 0 Å². The number of rotatable bonds is 8. The first kappa shape index (κ1) is 19.9. The predicted molar refractivity (Wildman–Crippen MR) is 99.1 cm³/mol. The Hall–Kier alpha value is -3.45. The first-order chi connectivity index (χ1) is 13.1. The van der Waals surface area contributed by atoms with Crippen LogP contribution in [0.4, 0.5) is 15.8 Å². The highest BCUT2D eigenvalue weighted by Crippen LogP contribution is 2.45. The standard InChI is InChI=1S/C20H20FN3O3/c1-4-25-16-10-8-7-9-15(16)24-18-14(12-23)13(11-22)17(21)19(26-5-2)20(18)27-6-3/h7-10,24H,4-6H2,1-3H3. The predicted octanol–water partition coefficient (Wildman–Crippen LogP) is 4.51. The van der Waals surface area contributed by atoms with Crippen LogP contribution in [0, 0.1) is 28.5 Å². The van der Waals surface area contributed by atoms with Crippen molar-refractivity contribution in [1.82, 2.24) is 0 Å². The SMILES string of the molecule is CCOc1ccccc1Nc1c(C#N)c(C#N)c(F)c(OCC)c1OCC. The van der Waals surface area contributed by atoms with Crippen molar-refractivity contribution in [2.24, 2.45) is 0 Å². The zero-order chi connectivity index (χ0) is 19.8. The van der Waals surface area contributed by atoms with Gasteiger partial charge in [0.2, 0.25) is 5.75 Å². The first-order valence-electron chi connectivity index (χ1n) is 8.56. The summed E-state index contributed by atoms with van der Waals surface area (Å²) in [5, 5.41) is 22.0. The summed E-state index contributed by atoms with van der Waals surface area (Å²) in [5.41, 5.74) is 0.150. The van der Waals surface area contributed by atoms with Crippen molar-refractivity contribution in [3.05, 3.63) is 41.2 Å². The number of nitrogens with one attached hydrogen (secondary N) is 1. The summed E-state index contributed by atoms with van der Waals surface area (Å²) >= 11 is 0. The van der Waals surface area contributed by atoms with Gasteiger partial charge in [0.05, 0.1) is 25.5 Å². The molecular formula is C20H20FN3O3. The fourth-order valence-electron chi connectivity index (χ4n) is 2.55. The van der Waals surface area contributed by atoms with Gasteiger partial charge in [-0.05, 0) is 32.9 Å². The third-order valence-electron chi connectivity index (χ3n) is 3.60. The minimum absolute atomic E-state index is 0.0405. The lowest BCUT2D eigenvalue weighted by Gasteiger charge is -2.20. The van der Waals surface area contributed by atoms with Gasteiger partial charge in [-0.1, -0.05) is 12.1 Å². The van der Waals surface area contributed by atoms with E-state index in [1.54, 1.807) is 38.1 Å². The largest absolute Gasteiger partial charge is 0.492 e. The van der Waals surface area contributed by atoms with Gasteiger partial charge < -0.3 is 19.5 Å². The summed E-state index contributed by atoms with van der Waals surface area (Å²) in [6.45, 7) is 6.11. The van der Waals surface area contributed by atoms with E-state index in [-0.39, 0.29) is 36.0 Å². The number of benzene rings is 2. The van der Waals surface area contributed by atoms with Crippen LogP contribution >= 0.6 is 0 Å². The lowest BCUT2D eigenvalue weighted by Crippen LogP contribution is -2.09. The first-order valence-corrected chi connectivity index (χ1v) is 8.56. The van der Waals surface area contributed by atoms with Crippen LogP contribution in [0.2, 0.25) is 0 Å². The molecule has 0 bridgehead atoms. The number of nitrogens with zero attached hydrogens (tertiary/aromatic N) is 2. The minimum atomic E-state index is -0.914. The Labute approximate surface area is 157 Å². The van der Waals surface area contributed by atoms with Gasteiger partial charge >= 0.3 is 0 Å². The number of nitriles is 2. The van der Waals surface area contributed by atoms with E-state index in [1.165, 1.54) is 0 Å². The molecule has 0 aliphatic rings. The van der Waals surface area contributed by atoms with Crippen molar-refractivity contribution < 1.29 is 18.6 Å². The lowest BCUT2D eigenvalue weighted by molar-refractivity contribution is 0.276. The Morgan fingerprint density at radius 1 is 0.889 bits per heavy atom. The summed E-state index contributed by atoms with van der Waals surface area (Å²) in [6.07, 6.45) is 0. The van der Waals surface area contributed by atoms with Crippen molar-refractivity contribution >= 4 is 11.4 Å². The fourth-order valence-corrected chi connectivity index (χ4v) is 2.55. The van der Waals surface area contributed by atoms with E-state index in [9.17, 15) is 14.9 Å². The Morgan fingerprint density at radius 2 is 1.48 bits per heavy atom. The van der Waals surface area contributed by atoms with Gasteiger partial charge in [-0.15, -0.1) is 0 Å². The molecule has 0 saturated carbocycles. The van der Waals surface area contributed by atoms with Gasteiger partial charge in [-0.25, -0.2) is 4.39 Å². The molecular weight excluding hydrogens is 349 g/mol. The molecule has 27 heavy (non-hydrogen) atoms. The highest BCUT2D eigenvalue weighted by Gasteiger charge is 2.27. The third kappa shape index (κ3) is 4.04. The maximum absolute atomic E-state index is 14.8. The minimum Gasteiger partial charge on any atom is -0.492 e. The molecule has 0 fully saturated rings. The third-order valence-corrected chi connectivity index (χ3v) is 3.60. The smallest absolute Gasteiger partial charge is 0.200 e. The molecule has 6 nitrogen and oxygen atoms in total. The van der Waals surface area contributed by atoms with E-state index >= 15 is 0 Å². The summed E-state index contributed by atoms with van der Waals surface area (Å²) in [5.74, 6) is -0.528. The second kappa shape index (κ2) is 9.30. The van der Waals surface area contributed by atoms with Crippen LogP contribution in [-0.2, 0) is 0 Å². The number of anilines is 2. The fraction of sp³-hybridized carbons (Fsp3) is 0.300. The molecule has 0 heterocycles. The Kier molecular flexibility index (Phi) is 6.85. The van der Waals surface area contributed by atoms with Gasteiger partial charge in [-0.3, -0.25) is 0 Å². The molecule has 0 aromatic heterocycles. The molecule has 0 radical (unpaired) electrons. The lowest BCUT2D eigenvalue weighted by atomic mass is 10.0. The van der Waals surface area contributed by atoms with Crippen molar-refractivity contribution in [2.45, 2.75) is 20.8 Å². The average Bonchev–Trinajstić information content (AvgIpc) is 2.68. The molecule has 7 heteroatoms. The number of para-hydroxylation sites is 2. The number of halogens is 1. The van der Waals surface area contributed by atoms with Gasteiger partial charge in [0.1, 0.15) is 34.7 Å². The van der Waals surface area contributed by atoms with Gasteiger partial charge in [0.25, 0.3) is 0 Å². The molecule has 0 spiro atoms. The number of ether oxygens (including phenoxy) is 3. The molecule has 0 amide bonds. The van der Waals surface area contributed by atoms with E-state index in [0.29, 0.717) is 18.0 Å². The van der Waals surface area contributed by atoms with Crippen LogP contribution in [0.15, 0.2) is 24.3 Å². The molecule has 0 aliphatic carbocycles. The number of hydrogen-bond donors (Lipinski definition) is 1. The monoisotopic (exact) mass is 369 g/mol. The van der Waals surface area contributed by atoms with E-state index in [2.05, 4.69) is 5.32 Å². The van der Waals surface area contributed by atoms with Crippen molar-refractivity contribution in [2.75, 3.05) is 25.1 Å². The summed E-state index contributed by atoms with van der Waals surface area (Å²) in [7, 11) is 0. The molecule has 2 aromatic rings. The zero-order valence-electron chi connectivity index (χ0n) is 15.4. The highest BCUT2D eigenvalue weighted by molar-refractivity contribution is 5.81. The Balaban J connectivity index is 2.75. The van der Waals surface area contributed by atoms with Crippen molar-refractivity contribution in [1.29, 1.82) is 10.5 Å². The topological polar surface area (TPSA) is 87.3 Å². The van der Waals surface area contributed by atoms with Crippen molar-refractivity contribution in [3.63, 3.8) is 0 Å². The van der Waals surface area contributed by atoms with Gasteiger partial charge in [-0.2, -0.15) is 10.5 Å². The molecule has 140 valence electrons. The number of hydrogen-bond acceptors (Lipinski definition) is 6. The molecule has 1 N–H and O–H groups in total. The van der Waals surface area contributed by atoms with Crippen LogP contribution in [-0.4, -0.2) is 19.8 Å². The van der Waals surface area contributed by atoms with Crippen LogP contribution in [0.25, 0.3) is 0 Å². The molecule has 0 unspecified atom stereocenters.